The van der Waals surface area contributed by atoms with Gasteiger partial charge in [0.1, 0.15) is 5.75 Å². The molecule has 0 amide bonds. The van der Waals surface area contributed by atoms with Gasteiger partial charge in [0.15, 0.2) is 0 Å². The van der Waals surface area contributed by atoms with Crippen molar-refractivity contribution in [1.82, 2.24) is 4.31 Å². The van der Waals surface area contributed by atoms with Gasteiger partial charge in [-0.15, -0.1) is 11.3 Å². The minimum absolute atomic E-state index is 0.263. The second kappa shape index (κ2) is 8.63. The van der Waals surface area contributed by atoms with E-state index in [4.69, 9.17) is 4.74 Å². The van der Waals surface area contributed by atoms with E-state index in [2.05, 4.69) is 24.0 Å². The number of benzene rings is 1. The third kappa shape index (κ3) is 4.47. The number of para-hydroxylation sites is 1. The van der Waals surface area contributed by atoms with Crippen LogP contribution >= 0.6 is 11.3 Å². The summed E-state index contributed by atoms with van der Waals surface area (Å²) in [7, 11) is -1.42. The van der Waals surface area contributed by atoms with Gasteiger partial charge in [0, 0.05) is 41.5 Å². The highest BCUT2D eigenvalue weighted by Crippen LogP contribution is 2.40. The number of ether oxygens (including phenoxy) is 1. The molecule has 1 aromatic carbocycles. The normalized spacial score (nSPS) is 15.9. The Balaban J connectivity index is 1.73. The lowest BCUT2D eigenvalue weighted by Gasteiger charge is -2.35. The molecule has 0 saturated carbocycles. The Morgan fingerprint density at radius 1 is 1.15 bits per heavy atom. The van der Waals surface area contributed by atoms with Crippen molar-refractivity contribution < 1.29 is 13.2 Å². The first-order valence-corrected chi connectivity index (χ1v) is 11.9. The first-order valence-electron chi connectivity index (χ1n) is 9.43. The summed E-state index contributed by atoms with van der Waals surface area (Å²) in [6.45, 7) is 6.73. The highest BCUT2D eigenvalue weighted by Gasteiger charge is 2.27. The molecular weight excluding hydrogens is 380 g/mol. The lowest BCUT2D eigenvalue weighted by atomic mass is 10.1. The summed E-state index contributed by atoms with van der Waals surface area (Å²) in [5, 5.41) is 0. The van der Waals surface area contributed by atoms with Crippen molar-refractivity contribution in [2.24, 2.45) is 0 Å². The van der Waals surface area contributed by atoms with Gasteiger partial charge in [-0.25, -0.2) is 8.42 Å². The lowest BCUT2D eigenvalue weighted by Crippen LogP contribution is -2.49. The molecule has 1 aliphatic heterocycles. The van der Waals surface area contributed by atoms with Crippen LogP contribution in [-0.4, -0.2) is 51.8 Å². The summed E-state index contributed by atoms with van der Waals surface area (Å²) in [5.74, 6) is 1.14. The summed E-state index contributed by atoms with van der Waals surface area (Å²) in [6.07, 6.45) is 1.63. The first-order chi connectivity index (χ1) is 13.0. The Morgan fingerprint density at radius 3 is 2.52 bits per heavy atom. The highest BCUT2D eigenvalue weighted by molar-refractivity contribution is 7.89. The van der Waals surface area contributed by atoms with E-state index in [9.17, 15) is 8.42 Å². The van der Waals surface area contributed by atoms with Gasteiger partial charge in [-0.05, 0) is 31.5 Å². The number of aryl methyl sites for hydroxylation is 1. The van der Waals surface area contributed by atoms with Gasteiger partial charge in [-0.1, -0.05) is 25.5 Å². The summed E-state index contributed by atoms with van der Waals surface area (Å²) in [5.41, 5.74) is 2.30. The zero-order chi connectivity index (χ0) is 19.4. The molecule has 2 heterocycles. The molecular formula is C20H28N2O3S2. The Hall–Kier alpha value is -1.57. The minimum atomic E-state index is -3.12. The van der Waals surface area contributed by atoms with E-state index in [0.29, 0.717) is 13.1 Å². The largest absolute Gasteiger partial charge is 0.496 e. The first kappa shape index (κ1) is 20.2. The third-order valence-corrected chi connectivity index (χ3v) is 8.02. The third-order valence-electron chi connectivity index (χ3n) is 4.99. The fourth-order valence-electron chi connectivity index (χ4n) is 3.43. The number of hydrogen-bond donors (Lipinski definition) is 0. The Kier molecular flexibility index (Phi) is 6.44. The Morgan fingerprint density at radius 2 is 1.85 bits per heavy atom. The molecule has 3 rings (SSSR count). The fraction of sp³-hybridized carbons (Fsp3) is 0.500. The van der Waals surface area contributed by atoms with E-state index < -0.39 is 10.0 Å². The molecule has 7 heteroatoms. The van der Waals surface area contributed by atoms with Crippen molar-refractivity contribution in [2.75, 3.05) is 43.9 Å². The maximum absolute atomic E-state index is 12.4. The average molecular weight is 409 g/mol. The van der Waals surface area contributed by atoms with Crippen molar-refractivity contribution >= 4 is 27.0 Å². The summed E-state index contributed by atoms with van der Waals surface area (Å²) in [6, 6.07) is 10.3. The van der Waals surface area contributed by atoms with Crippen LogP contribution in [0, 0.1) is 6.92 Å². The number of methoxy groups -OCH3 is 1. The molecule has 0 unspecified atom stereocenters. The minimum Gasteiger partial charge on any atom is -0.496 e. The number of rotatable bonds is 7. The van der Waals surface area contributed by atoms with Crippen molar-refractivity contribution in [3.05, 3.63) is 35.2 Å². The lowest BCUT2D eigenvalue weighted by molar-refractivity contribution is 0.384. The number of hydrogen-bond acceptors (Lipinski definition) is 5. The van der Waals surface area contributed by atoms with E-state index >= 15 is 0 Å². The molecule has 148 valence electrons. The van der Waals surface area contributed by atoms with E-state index in [1.54, 1.807) is 22.8 Å². The van der Waals surface area contributed by atoms with Crippen molar-refractivity contribution in [3.63, 3.8) is 0 Å². The summed E-state index contributed by atoms with van der Waals surface area (Å²) in [4.78, 5) is 4.73. The van der Waals surface area contributed by atoms with Crippen LogP contribution in [0.3, 0.4) is 0 Å². The summed E-state index contributed by atoms with van der Waals surface area (Å²) < 4.78 is 32.0. The van der Waals surface area contributed by atoms with Gasteiger partial charge >= 0.3 is 0 Å². The van der Waals surface area contributed by atoms with Crippen LogP contribution in [0.25, 0.3) is 10.4 Å². The molecule has 0 atom stereocenters. The SMILES string of the molecule is CCCCS(=O)(=O)N1CCN(c2cc(-c3ccccc3OC)sc2C)CC1. The van der Waals surface area contributed by atoms with Crippen LogP contribution in [-0.2, 0) is 10.0 Å². The number of thiophene rings is 1. The van der Waals surface area contributed by atoms with Crippen LogP contribution in [0.2, 0.25) is 0 Å². The van der Waals surface area contributed by atoms with Crippen LogP contribution in [0.4, 0.5) is 5.69 Å². The molecule has 2 aromatic rings. The quantitative estimate of drug-likeness (QED) is 0.695. The standard InChI is InChI=1S/C20H28N2O3S2/c1-4-5-14-27(23,24)22-12-10-21(11-13-22)18-15-20(26-16(18)2)17-8-6-7-9-19(17)25-3/h6-9,15H,4-5,10-14H2,1-3H3. The molecule has 0 aliphatic carbocycles. The Bertz CT molecular complexity index is 869. The number of sulfonamides is 1. The smallest absolute Gasteiger partial charge is 0.214 e. The number of nitrogens with zero attached hydrogens (tertiary/aromatic N) is 2. The molecule has 5 nitrogen and oxygen atoms in total. The number of unbranched alkanes of at least 4 members (excludes halogenated alkanes) is 1. The fourth-order valence-corrected chi connectivity index (χ4v) is 6.13. The van der Waals surface area contributed by atoms with Crippen LogP contribution in [0.1, 0.15) is 24.6 Å². The van der Waals surface area contributed by atoms with Gasteiger partial charge in [0.05, 0.1) is 18.6 Å². The zero-order valence-corrected chi connectivity index (χ0v) is 17.9. The average Bonchev–Trinajstić information content (AvgIpc) is 3.08. The summed E-state index contributed by atoms with van der Waals surface area (Å²) >= 11 is 1.75. The molecule has 1 aromatic heterocycles. The predicted octanol–water partition coefficient (Wildman–Crippen LogP) is 3.98. The second-order valence-electron chi connectivity index (χ2n) is 6.81. The van der Waals surface area contributed by atoms with E-state index in [0.717, 1.165) is 37.2 Å². The van der Waals surface area contributed by atoms with E-state index in [1.165, 1.54) is 15.4 Å². The van der Waals surface area contributed by atoms with E-state index in [1.807, 2.05) is 25.1 Å². The van der Waals surface area contributed by atoms with Crippen molar-refractivity contribution in [1.29, 1.82) is 0 Å². The molecule has 0 bridgehead atoms. The molecule has 1 aliphatic rings. The second-order valence-corrected chi connectivity index (χ2v) is 10.2. The van der Waals surface area contributed by atoms with Crippen molar-refractivity contribution in [2.45, 2.75) is 26.7 Å². The highest BCUT2D eigenvalue weighted by atomic mass is 32.2. The number of piperazine rings is 1. The monoisotopic (exact) mass is 408 g/mol. The molecule has 1 saturated heterocycles. The molecule has 0 radical (unpaired) electrons. The van der Waals surface area contributed by atoms with Gasteiger partial charge in [0.2, 0.25) is 10.0 Å². The van der Waals surface area contributed by atoms with Gasteiger partial charge in [-0.3, -0.25) is 0 Å². The zero-order valence-electron chi connectivity index (χ0n) is 16.3. The van der Waals surface area contributed by atoms with Gasteiger partial charge in [-0.2, -0.15) is 4.31 Å². The van der Waals surface area contributed by atoms with Gasteiger partial charge in [0.25, 0.3) is 0 Å². The number of anilines is 1. The predicted molar refractivity (Wildman–Crippen MR) is 114 cm³/mol. The molecule has 1 fully saturated rings. The molecule has 27 heavy (non-hydrogen) atoms. The maximum Gasteiger partial charge on any atom is 0.214 e. The van der Waals surface area contributed by atoms with Gasteiger partial charge < -0.3 is 9.64 Å². The van der Waals surface area contributed by atoms with E-state index in [-0.39, 0.29) is 5.75 Å². The van der Waals surface area contributed by atoms with Crippen LogP contribution in [0.5, 0.6) is 5.75 Å². The topological polar surface area (TPSA) is 49.9 Å². The van der Waals surface area contributed by atoms with Crippen LogP contribution < -0.4 is 9.64 Å². The molecule has 0 N–H and O–H groups in total. The Labute approximate surface area is 166 Å². The molecule has 0 spiro atoms. The van der Waals surface area contributed by atoms with Crippen LogP contribution in [0.15, 0.2) is 30.3 Å². The van der Waals surface area contributed by atoms with Crippen molar-refractivity contribution in [3.8, 4) is 16.2 Å². The maximum atomic E-state index is 12.4.